The molecule has 3 heteroatoms. The van der Waals surface area contributed by atoms with Gasteiger partial charge >= 0.3 is 5.97 Å². The molecule has 1 aliphatic heterocycles. The van der Waals surface area contributed by atoms with Gasteiger partial charge in [0, 0.05) is 0 Å². The monoisotopic (exact) mass is 169 g/mol. The van der Waals surface area contributed by atoms with Gasteiger partial charge in [0.2, 0.25) is 0 Å². The molecule has 68 valence electrons. The molecule has 0 aromatic heterocycles. The van der Waals surface area contributed by atoms with E-state index in [1.54, 1.807) is 0 Å². The van der Waals surface area contributed by atoms with Gasteiger partial charge in [0.1, 0.15) is 5.54 Å². The highest BCUT2D eigenvalue weighted by molar-refractivity contribution is 5.80. The summed E-state index contributed by atoms with van der Waals surface area (Å²) in [4.78, 5) is 13.2. The van der Waals surface area contributed by atoms with Crippen molar-refractivity contribution in [3.8, 4) is 0 Å². The summed E-state index contributed by atoms with van der Waals surface area (Å²) in [5, 5.41) is 9.10. The number of aliphatic carboxylic acids is 1. The number of hydrogen-bond acceptors (Lipinski definition) is 2. The minimum atomic E-state index is -0.601. The van der Waals surface area contributed by atoms with Crippen LogP contribution in [-0.4, -0.2) is 34.6 Å². The van der Waals surface area contributed by atoms with Gasteiger partial charge in [-0.2, -0.15) is 0 Å². The fourth-order valence-electron chi connectivity index (χ4n) is 2.32. The molecule has 0 aromatic carbocycles. The van der Waals surface area contributed by atoms with Gasteiger partial charge in [0.05, 0.1) is 0 Å². The predicted molar refractivity (Wildman–Crippen MR) is 45.0 cm³/mol. The highest BCUT2D eigenvalue weighted by Crippen LogP contribution is 2.39. The summed E-state index contributed by atoms with van der Waals surface area (Å²) in [5.74, 6) is -0.601. The first-order valence-corrected chi connectivity index (χ1v) is 4.74. The number of carbonyl (C=O) groups is 1. The second kappa shape index (κ2) is 2.73. The smallest absolute Gasteiger partial charge is 0.324 e. The van der Waals surface area contributed by atoms with Gasteiger partial charge in [-0.15, -0.1) is 0 Å². The van der Waals surface area contributed by atoms with E-state index in [9.17, 15) is 4.79 Å². The molecule has 0 radical (unpaired) electrons. The van der Waals surface area contributed by atoms with Crippen molar-refractivity contribution >= 4 is 5.97 Å². The third-order valence-corrected chi connectivity index (χ3v) is 3.29. The normalized spacial score (nSPS) is 28.3. The Morgan fingerprint density at radius 2 is 1.75 bits per heavy atom. The van der Waals surface area contributed by atoms with Crippen molar-refractivity contribution in [1.29, 1.82) is 0 Å². The molecule has 1 saturated carbocycles. The maximum absolute atomic E-state index is 11.0. The summed E-state index contributed by atoms with van der Waals surface area (Å²) in [5.41, 5.74) is -0.448. The highest BCUT2D eigenvalue weighted by atomic mass is 16.4. The van der Waals surface area contributed by atoms with Crippen molar-refractivity contribution in [2.24, 2.45) is 0 Å². The van der Waals surface area contributed by atoms with Gasteiger partial charge in [-0.05, 0) is 45.2 Å². The van der Waals surface area contributed by atoms with E-state index in [4.69, 9.17) is 5.11 Å². The first-order valence-electron chi connectivity index (χ1n) is 4.74. The highest BCUT2D eigenvalue weighted by Gasteiger charge is 2.49. The fraction of sp³-hybridized carbons (Fsp3) is 0.889. The van der Waals surface area contributed by atoms with Gasteiger partial charge in [-0.1, -0.05) is 0 Å². The molecule has 12 heavy (non-hydrogen) atoms. The summed E-state index contributed by atoms with van der Waals surface area (Å²) in [6.45, 7) is 1.98. The van der Waals surface area contributed by atoms with Crippen LogP contribution in [0.2, 0.25) is 0 Å². The topological polar surface area (TPSA) is 40.5 Å². The second-order valence-electron chi connectivity index (χ2n) is 3.88. The minimum absolute atomic E-state index is 0.448. The number of hydrogen-bond donors (Lipinski definition) is 1. The summed E-state index contributed by atoms with van der Waals surface area (Å²) < 4.78 is 0. The fourth-order valence-corrected chi connectivity index (χ4v) is 2.32. The van der Waals surface area contributed by atoms with Crippen LogP contribution in [0, 0.1) is 0 Å². The van der Waals surface area contributed by atoms with E-state index in [1.165, 1.54) is 12.8 Å². The van der Waals surface area contributed by atoms with Crippen molar-refractivity contribution in [1.82, 2.24) is 4.90 Å². The van der Waals surface area contributed by atoms with Gasteiger partial charge in [-0.25, -0.2) is 0 Å². The Labute approximate surface area is 72.4 Å². The Morgan fingerprint density at radius 1 is 1.17 bits per heavy atom. The van der Waals surface area contributed by atoms with E-state index in [2.05, 4.69) is 4.90 Å². The predicted octanol–water partition coefficient (Wildman–Crippen LogP) is 1.09. The molecule has 1 saturated heterocycles. The van der Waals surface area contributed by atoms with E-state index in [0.29, 0.717) is 0 Å². The van der Waals surface area contributed by atoms with E-state index in [0.717, 1.165) is 32.4 Å². The number of likely N-dealkylation sites (tertiary alicyclic amines) is 1. The molecule has 0 amide bonds. The molecular formula is C9H15NO2. The third kappa shape index (κ3) is 0.959. The Morgan fingerprint density at radius 3 is 2.08 bits per heavy atom. The lowest BCUT2D eigenvalue weighted by atomic mass is 9.75. The summed E-state index contributed by atoms with van der Waals surface area (Å²) in [6, 6.07) is 0. The summed E-state index contributed by atoms with van der Waals surface area (Å²) >= 11 is 0. The van der Waals surface area contributed by atoms with Crippen molar-refractivity contribution in [2.75, 3.05) is 13.1 Å². The van der Waals surface area contributed by atoms with Crippen LogP contribution in [0.25, 0.3) is 0 Å². The molecule has 0 aromatic rings. The van der Waals surface area contributed by atoms with Gasteiger partial charge in [-0.3, -0.25) is 9.69 Å². The number of nitrogens with zero attached hydrogens (tertiary/aromatic N) is 1. The van der Waals surface area contributed by atoms with Crippen LogP contribution in [0.3, 0.4) is 0 Å². The van der Waals surface area contributed by atoms with E-state index in [1.807, 2.05) is 0 Å². The number of carboxylic acid groups (broad SMARTS) is 1. The Balaban J connectivity index is 2.10. The molecule has 1 aliphatic carbocycles. The van der Waals surface area contributed by atoms with Crippen molar-refractivity contribution in [2.45, 2.75) is 37.6 Å². The molecule has 0 bridgehead atoms. The van der Waals surface area contributed by atoms with Crippen molar-refractivity contribution in [3.05, 3.63) is 0 Å². The van der Waals surface area contributed by atoms with E-state index < -0.39 is 11.5 Å². The average Bonchev–Trinajstić information content (AvgIpc) is 2.35. The quantitative estimate of drug-likeness (QED) is 0.672. The van der Waals surface area contributed by atoms with Crippen LogP contribution in [-0.2, 0) is 4.79 Å². The second-order valence-corrected chi connectivity index (χ2v) is 3.88. The molecule has 0 atom stereocenters. The Bertz CT molecular complexity index is 193. The standard InChI is InChI=1S/C9H15NO2/c11-8(12)9(4-3-5-9)10-6-1-2-7-10/h1-7H2,(H,11,12). The zero-order valence-corrected chi connectivity index (χ0v) is 7.25. The van der Waals surface area contributed by atoms with Gasteiger partial charge in [0.25, 0.3) is 0 Å². The molecule has 1 N–H and O–H groups in total. The Kier molecular flexibility index (Phi) is 1.83. The van der Waals surface area contributed by atoms with Crippen LogP contribution >= 0.6 is 0 Å². The van der Waals surface area contributed by atoms with Gasteiger partial charge < -0.3 is 5.11 Å². The Hall–Kier alpha value is -0.570. The maximum atomic E-state index is 11.0. The zero-order valence-electron chi connectivity index (χ0n) is 7.25. The zero-order chi connectivity index (χ0) is 8.60. The van der Waals surface area contributed by atoms with Crippen molar-refractivity contribution < 1.29 is 9.90 Å². The lowest BCUT2D eigenvalue weighted by Crippen LogP contribution is -2.58. The summed E-state index contributed by atoms with van der Waals surface area (Å²) in [7, 11) is 0. The largest absolute Gasteiger partial charge is 0.480 e. The number of rotatable bonds is 2. The van der Waals surface area contributed by atoms with E-state index >= 15 is 0 Å². The molecule has 3 nitrogen and oxygen atoms in total. The molecule has 2 rings (SSSR count). The van der Waals surface area contributed by atoms with Crippen LogP contribution < -0.4 is 0 Å². The van der Waals surface area contributed by atoms with Crippen LogP contribution in [0.1, 0.15) is 32.1 Å². The molecule has 0 spiro atoms. The molecule has 2 aliphatic rings. The minimum Gasteiger partial charge on any atom is -0.480 e. The third-order valence-electron chi connectivity index (χ3n) is 3.29. The lowest BCUT2D eigenvalue weighted by molar-refractivity contribution is -0.157. The SMILES string of the molecule is O=C(O)C1(N2CCCC2)CCC1. The molecule has 2 fully saturated rings. The number of carboxylic acids is 1. The van der Waals surface area contributed by atoms with E-state index in [-0.39, 0.29) is 0 Å². The van der Waals surface area contributed by atoms with Crippen LogP contribution in [0.4, 0.5) is 0 Å². The first-order chi connectivity index (χ1) is 5.76. The molecule has 0 unspecified atom stereocenters. The van der Waals surface area contributed by atoms with Gasteiger partial charge in [0.15, 0.2) is 0 Å². The molecule has 1 heterocycles. The molecular weight excluding hydrogens is 154 g/mol. The maximum Gasteiger partial charge on any atom is 0.324 e. The van der Waals surface area contributed by atoms with Crippen LogP contribution in [0.5, 0.6) is 0 Å². The average molecular weight is 169 g/mol. The lowest BCUT2D eigenvalue weighted by Gasteiger charge is -2.44. The van der Waals surface area contributed by atoms with Crippen LogP contribution in [0.15, 0.2) is 0 Å². The first kappa shape index (κ1) is 8.05. The summed E-state index contributed by atoms with van der Waals surface area (Å²) in [6.07, 6.45) is 5.16. The van der Waals surface area contributed by atoms with Crippen molar-refractivity contribution in [3.63, 3.8) is 0 Å².